The molecular weight excluding hydrogens is 769 g/mol. The highest BCUT2D eigenvalue weighted by atomic mass is 32.2. The molecule has 0 N–H and O–H groups in total. The molecule has 0 saturated carbocycles. The van der Waals surface area contributed by atoms with Gasteiger partial charge in [-0.05, 0) is 81.5 Å². The molecule has 2 aliphatic heterocycles. The summed E-state index contributed by atoms with van der Waals surface area (Å²) in [6, 6.07) is 31.9. The van der Waals surface area contributed by atoms with Crippen molar-refractivity contribution in [1.29, 1.82) is 0 Å². The number of carbonyl (C=O) groups excluding carboxylic acids is 2. The minimum atomic E-state index is -3.75. The summed E-state index contributed by atoms with van der Waals surface area (Å²) in [5.74, 6) is -1.73. The lowest BCUT2D eigenvalue weighted by molar-refractivity contribution is -0.149. The molecule has 2 saturated heterocycles. The molecule has 300 valence electrons. The molecule has 2 fully saturated rings. The molecule has 2 unspecified atom stereocenters. The molecule has 0 aromatic heterocycles. The van der Waals surface area contributed by atoms with Crippen molar-refractivity contribution in [3.8, 4) is 0 Å². The van der Waals surface area contributed by atoms with Crippen LogP contribution in [0.5, 0.6) is 0 Å². The first-order valence-electron chi connectivity index (χ1n) is 18.8. The largest absolute Gasteiger partial charge is 0.469 e. The topological polar surface area (TPSA) is 127 Å². The van der Waals surface area contributed by atoms with Gasteiger partial charge in [0, 0.05) is 28.8 Å². The Kier molecular flexibility index (Phi) is 14.2. The highest BCUT2D eigenvalue weighted by Crippen LogP contribution is 2.46. The smallest absolute Gasteiger partial charge is 0.311 e. The number of nitrogens with zero attached hydrogens (tertiary/aromatic N) is 2. The number of methoxy groups -OCH3 is 2. The molecule has 4 aromatic carbocycles. The number of rotatable bonds is 10. The number of carbonyl (C=O) groups is 2. The van der Waals surface area contributed by atoms with Gasteiger partial charge in [-0.3, -0.25) is 9.59 Å². The highest BCUT2D eigenvalue weighted by molar-refractivity contribution is 8.00. The fourth-order valence-corrected chi connectivity index (χ4v) is 13.0. The third-order valence-corrected chi connectivity index (χ3v) is 16.1. The van der Waals surface area contributed by atoms with Crippen molar-refractivity contribution in [1.82, 2.24) is 8.61 Å². The molecule has 7 atom stereocenters. The minimum Gasteiger partial charge on any atom is -0.469 e. The van der Waals surface area contributed by atoms with Crippen molar-refractivity contribution in [3.63, 3.8) is 0 Å². The van der Waals surface area contributed by atoms with Gasteiger partial charge in [0.05, 0.1) is 41.9 Å². The van der Waals surface area contributed by atoms with E-state index < -0.39 is 37.9 Å². The summed E-state index contributed by atoms with van der Waals surface area (Å²) in [6.07, 6.45) is 1.17. The highest BCUT2D eigenvalue weighted by Gasteiger charge is 2.55. The number of thioether (sulfide) groups is 1. The van der Waals surface area contributed by atoms with E-state index in [-0.39, 0.29) is 51.5 Å². The fraction of sp³-hybridized carbons (Fsp3) is 0.395. The second-order valence-corrected chi connectivity index (χ2v) is 19.5. The number of ether oxygens (including phenoxy) is 2. The van der Waals surface area contributed by atoms with Gasteiger partial charge < -0.3 is 9.47 Å². The Bertz CT molecular complexity index is 2150. The van der Waals surface area contributed by atoms with Crippen LogP contribution < -0.4 is 0 Å². The van der Waals surface area contributed by atoms with Crippen molar-refractivity contribution in [2.24, 2.45) is 17.8 Å². The summed E-state index contributed by atoms with van der Waals surface area (Å²) >= 11 is 1.55. The predicted octanol–water partition coefficient (Wildman–Crippen LogP) is 7.67. The van der Waals surface area contributed by atoms with E-state index in [1.54, 1.807) is 60.3 Å². The van der Waals surface area contributed by atoms with E-state index >= 15 is 0 Å². The van der Waals surface area contributed by atoms with Gasteiger partial charge in [-0.15, -0.1) is 11.8 Å². The summed E-state index contributed by atoms with van der Waals surface area (Å²) in [5.41, 5.74) is 2.92. The van der Waals surface area contributed by atoms with Crippen LogP contribution >= 0.6 is 11.8 Å². The summed E-state index contributed by atoms with van der Waals surface area (Å²) in [4.78, 5) is 26.4. The molecule has 0 bridgehead atoms. The third-order valence-electron chi connectivity index (χ3n) is 10.8. The fourth-order valence-electron chi connectivity index (χ4n) is 7.72. The van der Waals surface area contributed by atoms with E-state index in [0.717, 1.165) is 21.6 Å². The molecule has 6 rings (SSSR count). The van der Waals surface area contributed by atoms with Gasteiger partial charge in [-0.2, -0.15) is 8.61 Å². The molecule has 13 heteroatoms. The number of hydrogen-bond acceptors (Lipinski definition) is 9. The van der Waals surface area contributed by atoms with Gasteiger partial charge in [0.2, 0.25) is 20.0 Å². The summed E-state index contributed by atoms with van der Waals surface area (Å²) in [6.45, 7) is 9.70. The van der Waals surface area contributed by atoms with Crippen molar-refractivity contribution >= 4 is 43.7 Å². The Labute approximate surface area is 336 Å². The van der Waals surface area contributed by atoms with Crippen LogP contribution in [0.25, 0.3) is 0 Å². The maximum atomic E-state index is 13.5. The zero-order valence-electron chi connectivity index (χ0n) is 32.9. The van der Waals surface area contributed by atoms with Crippen molar-refractivity contribution in [2.75, 3.05) is 20.8 Å². The number of esters is 2. The Morgan fingerprint density at radius 3 is 1.71 bits per heavy atom. The van der Waals surface area contributed by atoms with E-state index in [1.807, 2.05) is 95.3 Å². The second-order valence-electron chi connectivity index (χ2n) is 14.5. The van der Waals surface area contributed by atoms with Crippen LogP contribution in [0.2, 0.25) is 0 Å². The van der Waals surface area contributed by atoms with E-state index in [9.17, 15) is 26.4 Å². The monoisotopic (exact) mass is 820 g/mol. The average molecular weight is 821 g/mol. The first-order valence-corrected chi connectivity index (χ1v) is 22.5. The quantitative estimate of drug-likeness (QED) is 0.148. The van der Waals surface area contributed by atoms with Crippen LogP contribution in [0, 0.1) is 31.6 Å². The Balaban J connectivity index is 0.000000215. The van der Waals surface area contributed by atoms with Crippen molar-refractivity contribution in [2.45, 2.75) is 85.5 Å². The molecule has 0 spiro atoms. The maximum absolute atomic E-state index is 13.5. The first-order chi connectivity index (χ1) is 26.6. The molecule has 4 aromatic rings. The van der Waals surface area contributed by atoms with Crippen molar-refractivity contribution in [3.05, 3.63) is 126 Å². The number of piperidine rings is 1. The molecule has 2 heterocycles. The van der Waals surface area contributed by atoms with Gasteiger partial charge in [0.15, 0.2) is 0 Å². The molecular formula is C43H52N2O8S3. The number of aryl methyl sites for hydroxylation is 2. The SMILES string of the molecule is CC[C@H]1[C@H](Sc2ccccc2)C(C(=O)OC)[C@@H](C)N1S(=O)(=O)c1ccc(C)cc1.COC(=O)C1CN(S(=O)(=O)c2ccc(C)cc2)[C@@H](c2ccccc2)C[C@@H]1C. The van der Waals surface area contributed by atoms with Crippen LogP contribution in [0.1, 0.15) is 56.3 Å². The van der Waals surface area contributed by atoms with Gasteiger partial charge in [-0.1, -0.05) is 97.8 Å². The van der Waals surface area contributed by atoms with Gasteiger partial charge in [-0.25, -0.2) is 16.8 Å². The Morgan fingerprint density at radius 2 is 1.21 bits per heavy atom. The van der Waals surface area contributed by atoms with Crippen LogP contribution in [0.4, 0.5) is 0 Å². The third kappa shape index (κ3) is 9.23. The van der Waals surface area contributed by atoms with Gasteiger partial charge in [0.25, 0.3) is 0 Å². The number of benzene rings is 4. The normalized spacial score (nSPS) is 24.4. The molecule has 0 radical (unpaired) electrons. The molecule has 2 aliphatic rings. The maximum Gasteiger partial charge on any atom is 0.311 e. The van der Waals surface area contributed by atoms with Crippen LogP contribution in [0.15, 0.2) is 124 Å². The Hall–Kier alpha value is -4.01. The lowest BCUT2D eigenvalue weighted by atomic mass is 9.82. The number of sulfonamides is 2. The van der Waals surface area contributed by atoms with Crippen molar-refractivity contribution < 1.29 is 35.9 Å². The Morgan fingerprint density at radius 1 is 0.714 bits per heavy atom. The van der Waals surface area contributed by atoms with E-state index in [1.165, 1.54) is 22.8 Å². The lowest BCUT2D eigenvalue weighted by Crippen LogP contribution is -2.47. The molecule has 0 amide bonds. The first kappa shape index (κ1) is 43.1. The van der Waals surface area contributed by atoms with Gasteiger partial charge >= 0.3 is 11.9 Å². The standard InChI is InChI=1S/C22H27NO4S2.C21H25NO4S/c1-5-19-21(28-17-9-7-6-8-10-17)20(22(24)27-4)16(3)23(19)29(25,26)18-13-11-15(2)12-14-18;1-15-9-11-18(12-10-15)27(24,25)22-14-19(21(23)26-3)16(2)13-20(22)17-7-5-4-6-8-17/h6-14,16,19-21H,5H2,1-4H3;4-12,16,19-20H,13-14H2,1-3H3/t16-,19+,20?,21+;16-,19?,20+/m10/s1. The zero-order chi connectivity index (χ0) is 40.8. The second kappa shape index (κ2) is 18.5. The summed E-state index contributed by atoms with van der Waals surface area (Å²) in [5, 5.41) is -0.231. The molecule has 10 nitrogen and oxygen atoms in total. The van der Waals surface area contributed by atoms with Crippen LogP contribution in [0.3, 0.4) is 0 Å². The lowest BCUT2D eigenvalue weighted by Gasteiger charge is -2.41. The number of hydrogen-bond donors (Lipinski definition) is 0. The van der Waals surface area contributed by atoms with E-state index in [4.69, 9.17) is 9.47 Å². The molecule has 0 aliphatic carbocycles. The predicted molar refractivity (Wildman–Crippen MR) is 219 cm³/mol. The summed E-state index contributed by atoms with van der Waals surface area (Å²) in [7, 11) is -4.80. The van der Waals surface area contributed by atoms with Gasteiger partial charge in [0.1, 0.15) is 0 Å². The average Bonchev–Trinajstić information content (AvgIpc) is 3.49. The van der Waals surface area contributed by atoms with Crippen LogP contribution in [-0.4, -0.2) is 75.5 Å². The summed E-state index contributed by atoms with van der Waals surface area (Å²) < 4.78 is 66.9. The zero-order valence-corrected chi connectivity index (χ0v) is 35.4. The van der Waals surface area contributed by atoms with E-state index in [2.05, 4.69) is 0 Å². The molecule has 56 heavy (non-hydrogen) atoms. The minimum absolute atomic E-state index is 0.0205. The van der Waals surface area contributed by atoms with E-state index in [0.29, 0.717) is 12.8 Å². The van der Waals surface area contributed by atoms with Crippen LogP contribution in [-0.2, 0) is 39.1 Å².